The summed E-state index contributed by atoms with van der Waals surface area (Å²) >= 11 is 0. The highest BCUT2D eigenvalue weighted by Crippen LogP contribution is 2.07. The number of pyridine rings is 2. The van der Waals surface area contributed by atoms with Gasteiger partial charge in [0.15, 0.2) is 0 Å². The molecule has 2 aromatic heterocycles. The smallest absolute Gasteiger partial charge is 0.356 e. The SMILES string of the molecule is COC(=O)c1cccc(CN(CCO)CCOCC(CO)OCCN(CCO)Cc2cccc(C(=O)OC)n2)n1. The molecular formula is C27H40N4O9. The Morgan fingerprint density at radius 3 is 1.73 bits per heavy atom. The van der Waals surface area contributed by atoms with Gasteiger partial charge in [0, 0.05) is 39.3 Å². The van der Waals surface area contributed by atoms with Crippen LogP contribution in [0, 0.1) is 0 Å². The molecule has 1 unspecified atom stereocenters. The summed E-state index contributed by atoms with van der Waals surface area (Å²) in [6.45, 7) is 2.97. The fraction of sp³-hybridized carbons (Fsp3) is 0.556. The molecule has 1 atom stereocenters. The van der Waals surface area contributed by atoms with Crippen molar-refractivity contribution >= 4 is 11.9 Å². The number of carbonyl (C=O) groups excluding carboxylic acids is 2. The summed E-state index contributed by atoms with van der Waals surface area (Å²) in [6, 6.07) is 10.2. The minimum atomic E-state index is -0.540. The highest BCUT2D eigenvalue weighted by molar-refractivity contribution is 5.87. The molecule has 0 saturated carbocycles. The van der Waals surface area contributed by atoms with E-state index in [0.29, 0.717) is 57.3 Å². The van der Waals surface area contributed by atoms with E-state index in [1.165, 1.54) is 14.2 Å². The average molecular weight is 565 g/mol. The quantitative estimate of drug-likeness (QED) is 0.142. The molecule has 0 aliphatic carbocycles. The van der Waals surface area contributed by atoms with E-state index in [4.69, 9.17) is 18.9 Å². The molecule has 0 radical (unpaired) electrons. The number of carbonyl (C=O) groups is 2. The van der Waals surface area contributed by atoms with E-state index in [9.17, 15) is 24.9 Å². The van der Waals surface area contributed by atoms with Gasteiger partial charge in [-0.2, -0.15) is 0 Å². The molecule has 0 amide bonds. The first-order valence-electron chi connectivity index (χ1n) is 13.0. The first-order valence-corrected chi connectivity index (χ1v) is 13.0. The molecule has 0 spiro atoms. The molecule has 0 aliphatic heterocycles. The molecule has 0 fully saturated rings. The topological polar surface area (TPSA) is 164 Å². The fourth-order valence-electron chi connectivity index (χ4n) is 3.76. The van der Waals surface area contributed by atoms with Gasteiger partial charge >= 0.3 is 11.9 Å². The van der Waals surface area contributed by atoms with E-state index < -0.39 is 18.0 Å². The summed E-state index contributed by atoms with van der Waals surface area (Å²) in [5.41, 5.74) is 1.73. The van der Waals surface area contributed by atoms with Gasteiger partial charge in [-0.15, -0.1) is 0 Å². The van der Waals surface area contributed by atoms with Crippen molar-refractivity contribution in [3.05, 3.63) is 59.2 Å². The fourth-order valence-corrected chi connectivity index (χ4v) is 3.76. The van der Waals surface area contributed by atoms with Crippen molar-refractivity contribution in [1.29, 1.82) is 0 Å². The number of hydrogen-bond acceptors (Lipinski definition) is 13. The summed E-state index contributed by atoms with van der Waals surface area (Å²) in [4.78, 5) is 35.9. The second-order valence-electron chi connectivity index (χ2n) is 8.76. The number of aliphatic hydroxyl groups is 3. The number of esters is 2. The Hall–Kier alpha value is -3.04. The summed E-state index contributed by atoms with van der Waals surface area (Å²) < 4.78 is 20.9. The third kappa shape index (κ3) is 12.0. The highest BCUT2D eigenvalue weighted by Gasteiger charge is 2.14. The molecule has 40 heavy (non-hydrogen) atoms. The number of rotatable bonds is 20. The van der Waals surface area contributed by atoms with E-state index in [2.05, 4.69) is 9.97 Å². The van der Waals surface area contributed by atoms with Gasteiger partial charge in [0.1, 0.15) is 17.5 Å². The summed E-state index contributed by atoms with van der Waals surface area (Å²) in [7, 11) is 2.59. The van der Waals surface area contributed by atoms with Crippen LogP contribution in [-0.4, -0.2) is 133 Å². The number of nitrogens with zero attached hydrogens (tertiary/aromatic N) is 4. The number of ether oxygens (including phenoxy) is 4. The molecule has 13 heteroatoms. The van der Waals surface area contributed by atoms with E-state index >= 15 is 0 Å². The van der Waals surface area contributed by atoms with Crippen LogP contribution in [0.15, 0.2) is 36.4 Å². The van der Waals surface area contributed by atoms with Gasteiger partial charge in [0.25, 0.3) is 0 Å². The summed E-state index contributed by atoms with van der Waals surface area (Å²) in [5, 5.41) is 28.6. The third-order valence-electron chi connectivity index (χ3n) is 5.83. The van der Waals surface area contributed by atoms with Crippen molar-refractivity contribution in [1.82, 2.24) is 19.8 Å². The second-order valence-corrected chi connectivity index (χ2v) is 8.76. The standard InChI is InChI=1S/C27H40N4O9/c1-37-26(35)24-7-3-5-21(28-24)17-30(9-13-32)11-15-39-20-23(19-34)40-16-12-31(10-14-33)18-22-6-4-8-25(29-22)27(36)38-2/h3-8,23,32-34H,9-20H2,1-2H3. The first kappa shape index (κ1) is 33.2. The Bertz CT molecular complexity index is 1030. The van der Waals surface area contributed by atoms with Crippen molar-refractivity contribution in [2.45, 2.75) is 19.2 Å². The highest BCUT2D eigenvalue weighted by atomic mass is 16.5. The molecule has 3 N–H and O–H groups in total. The van der Waals surface area contributed by atoms with Crippen LogP contribution in [0.2, 0.25) is 0 Å². The molecule has 0 aromatic carbocycles. The molecule has 0 saturated heterocycles. The Morgan fingerprint density at radius 2 is 1.27 bits per heavy atom. The van der Waals surface area contributed by atoms with Crippen LogP contribution in [-0.2, 0) is 32.0 Å². The summed E-state index contributed by atoms with van der Waals surface area (Å²) in [6.07, 6.45) is -0.540. The molecule has 222 valence electrons. The lowest BCUT2D eigenvalue weighted by Gasteiger charge is -2.24. The Kier molecular flexibility index (Phi) is 15.8. The van der Waals surface area contributed by atoms with Crippen molar-refractivity contribution in [3.63, 3.8) is 0 Å². The van der Waals surface area contributed by atoms with Gasteiger partial charge in [-0.1, -0.05) is 12.1 Å². The molecule has 2 rings (SSSR count). The summed E-state index contributed by atoms with van der Waals surface area (Å²) in [5.74, 6) is -1.04. The number of methoxy groups -OCH3 is 2. The molecular weight excluding hydrogens is 524 g/mol. The van der Waals surface area contributed by atoms with Crippen LogP contribution >= 0.6 is 0 Å². The van der Waals surface area contributed by atoms with Gasteiger partial charge in [0.2, 0.25) is 0 Å². The molecule has 0 aliphatic rings. The van der Waals surface area contributed by atoms with Crippen molar-refractivity contribution in [2.75, 3.05) is 80.0 Å². The van der Waals surface area contributed by atoms with Gasteiger partial charge in [-0.3, -0.25) is 9.80 Å². The minimum absolute atomic E-state index is 0.0497. The maximum absolute atomic E-state index is 11.7. The van der Waals surface area contributed by atoms with E-state index in [-0.39, 0.29) is 44.4 Å². The van der Waals surface area contributed by atoms with Gasteiger partial charge in [-0.25, -0.2) is 19.6 Å². The zero-order chi connectivity index (χ0) is 29.2. The Labute approximate surface area is 234 Å². The van der Waals surface area contributed by atoms with Crippen LogP contribution in [0.25, 0.3) is 0 Å². The molecule has 2 heterocycles. The van der Waals surface area contributed by atoms with Crippen molar-refractivity contribution in [3.8, 4) is 0 Å². The zero-order valence-corrected chi connectivity index (χ0v) is 23.1. The largest absolute Gasteiger partial charge is 0.464 e. The molecule has 0 bridgehead atoms. The second kappa shape index (κ2) is 19.1. The van der Waals surface area contributed by atoms with Crippen LogP contribution in [0.5, 0.6) is 0 Å². The maximum Gasteiger partial charge on any atom is 0.356 e. The lowest BCUT2D eigenvalue weighted by atomic mass is 10.3. The van der Waals surface area contributed by atoms with Gasteiger partial charge in [-0.05, 0) is 24.3 Å². The van der Waals surface area contributed by atoms with Gasteiger partial charge in [0.05, 0.1) is 65.2 Å². The Morgan fingerprint density at radius 1 is 0.775 bits per heavy atom. The minimum Gasteiger partial charge on any atom is -0.464 e. The lowest BCUT2D eigenvalue weighted by Crippen LogP contribution is -2.34. The van der Waals surface area contributed by atoms with E-state index in [0.717, 1.165) is 0 Å². The maximum atomic E-state index is 11.7. The number of aliphatic hydroxyl groups excluding tert-OH is 3. The number of aromatic nitrogens is 2. The first-order chi connectivity index (χ1) is 19.4. The van der Waals surface area contributed by atoms with E-state index in [1.807, 2.05) is 9.80 Å². The van der Waals surface area contributed by atoms with Gasteiger partial charge < -0.3 is 34.3 Å². The lowest BCUT2D eigenvalue weighted by molar-refractivity contribution is -0.0511. The monoisotopic (exact) mass is 564 g/mol. The zero-order valence-electron chi connectivity index (χ0n) is 23.1. The van der Waals surface area contributed by atoms with E-state index in [1.54, 1.807) is 36.4 Å². The predicted octanol–water partition coefficient (Wildman–Crippen LogP) is -0.267. The average Bonchev–Trinajstić information content (AvgIpc) is 2.97. The molecule has 2 aromatic rings. The molecule has 13 nitrogen and oxygen atoms in total. The van der Waals surface area contributed by atoms with Crippen LogP contribution in [0.3, 0.4) is 0 Å². The van der Waals surface area contributed by atoms with Crippen LogP contribution in [0.4, 0.5) is 0 Å². The van der Waals surface area contributed by atoms with Crippen LogP contribution < -0.4 is 0 Å². The third-order valence-corrected chi connectivity index (χ3v) is 5.83. The Balaban J connectivity index is 1.78. The van der Waals surface area contributed by atoms with Crippen molar-refractivity contribution < 1.29 is 43.9 Å². The predicted molar refractivity (Wildman–Crippen MR) is 144 cm³/mol. The van der Waals surface area contributed by atoms with Crippen LogP contribution in [0.1, 0.15) is 32.4 Å². The normalized spacial score (nSPS) is 12.1. The van der Waals surface area contributed by atoms with Crippen molar-refractivity contribution in [2.24, 2.45) is 0 Å². The number of hydrogen-bond donors (Lipinski definition) is 3.